The molecule has 0 aliphatic heterocycles. The lowest BCUT2D eigenvalue weighted by Crippen LogP contribution is -2.02. The molecule has 0 aromatic heterocycles. The zero-order valence-corrected chi connectivity index (χ0v) is 12.7. The summed E-state index contributed by atoms with van der Waals surface area (Å²) in [4.78, 5) is 22.1. The van der Waals surface area contributed by atoms with E-state index in [0.717, 1.165) is 5.56 Å². The Hall–Kier alpha value is -2.82. The lowest BCUT2D eigenvalue weighted by atomic mass is 9.94. The van der Waals surface area contributed by atoms with Crippen molar-refractivity contribution >= 4 is 11.8 Å². The number of aryl methyl sites for hydroxylation is 1. The number of hydrogen-bond acceptors (Lipinski definition) is 4. The van der Waals surface area contributed by atoms with Crippen LogP contribution in [-0.2, 0) is 22.4 Å². The van der Waals surface area contributed by atoms with E-state index in [0.29, 0.717) is 29.5 Å². The van der Waals surface area contributed by atoms with Gasteiger partial charge in [-0.25, -0.2) is 0 Å². The van der Waals surface area contributed by atoms with Crippen molar-refractivity contribution in [2.75, 3.05) is 0 Å². The molecular weight excluding hydrogens is 296 g/mol. The highest BCUT2D eigenvalue weighted by Crippen LogP contribution is 2.36. The molecule has 120 valence electrons. The molecule has 0 unspecified atom stereocenters. The van der Waals surface area contributed by atoms with Gasteiger partial charge in [0.25, 0.3) is 0 Å². The van der Waals surface area contributed by atoms with Gasteiger partial charge in [0.15, 0.2) is 0 Å². The summed E-state index contributed by atoms with van der Waals surface area (Å²) in [5, 5.41) is 28.7. The van der Waals surface area contributed by atoms with Crippen LogP contribution in [0.25, 0.3) is 11.1 Å². The maximum absolute atomic E-state index is 11.1. The number of carbonyl (C=O) groups is 2. The average molecular weight is 314 g/mol. The van der Waals surface area contributed by atoms with Crippen LogP contribution in [0.1, 0.15) is 24.5 Å². The minimum absolute atomic E-state index is 0.0921. The second kappa shape index (κ2) is 6.96. The summed E-state index contributed by atoms with van der Waals surface area (Å²) in [6.45, 7) is 1.53. The molecule has 5 heteroatoms. The first-order valence-corrected chi connectivity index (χ1v) is 7.22. The van der Waals surface area contributed by atoms with Crippen molar-refractivity contribution in [3.63, 3.8) is 0 Å². The number of ketones is 1. The van der Waals surface area contributed by atoms with Gasteiger partial charge in [0.05, 0.1) is 6.42 Å². The second-order valence-electron chi connectivity index (χ2n) is 5.47. The van der Waals surface area contributed by atoms with Crippen LogP contribution in [0.3, 0.4) is 0 Å². The van der Waals surface area contributed by atoms with Gasteiger partial charge >= 0.3 is 5.97 Å². The molecule has 0 saturated heterocycles. The number of Topliss-reactive ketones (excluding diaryl/α,β-unsaturated/α-hetero) is 1. The number of phenols is 2. The van der Waals surface area contributed by atoms with Crippen molar-refractivity contribution in [2.45, 2.75) is 26.2 Å². The Morgan fingerprint density at radius 3 is 2.48 bits per heavy atom. The van der Waals surface area contributed by atoms with Gasteiger partial charge in [0.2, 0.25) is 0 Å². The van der Waals surface area contributed by atoms with Gasteiger partial charge in [0, 0.05) is 18.1 Å². The molecule has 2 rings (SSSR count). The summed E-state index contributed by atoms with van der Waals surface area (Å²) in [5.74, 6) is -1.32. The number of carboxylic acid groups (broad SMARTS) is 1. The molecule has 0 heterocycles. The fraction of sp³-hybridized carbons (Fsp3) is 0.222. The third kappa shape index (κ3) is 4.32. The molecule has 5 nitrogen and oxygen atoms in total. The fourth-order valence-corrected chi connectivity index (χ4v) is 2.51. The van der Waals surface area contributed by atoms with Crippen molar-refractivity contribution in [2.24, 2.45) is 0 Å². The third-order valence-electron chi connectivity index (χ3n) is 3.51. The van der Waals surface area contributed by atoms with E-state index in [1.165, 1.54) is 19.1 Å². The van der Waals surface area contributed by atoms with E-state index in [9.17, 15) is 19.8 Å². The topological polar surface area (TPSA) is 94.8 Å². The van der Waals surface area contributed by atoms with Crippen LogP contribution in [0.15, 0.2) is 36.4 Å². The maximum Gasteiger partial charge on any atom is 0.307 e. The van der Waals surface area contributed by atoms with Gasteiger partial charge in [-0.1, -0.05) is 24.3 Å². The first-order chi connectivity index (χ1) is 10.9. The Kier molecular flexibility index (Phi) is 5.01. The van der Waals surface area contributed by atoms with Gasteiger partial charge in [-0.15, -0.1) is 0 Å². The summed E-state index contributed by atoms with van der Waals surface area (Å²) >= 11 is 0. The van der Waals surface area contributed by atoms with Crippen molar-refractivity contribution in [3.8, 4) is 22.6 Å². The van der Waals surface area contributed by atoms with Crippen molar-refractivity contribution < 1.29 is 24.9 Å². The van der Waals surface area contributed by atoms with Crippen molar-refractivity contribution in [1.29, 1.82) is 0 Å². The molecule has 0 spiro atoms. The molecule has 0 saturated carbocycles. The predicted molar refractivity (Wildman–Crippen MR) is 85.5 cm³/mol. The maximum atomic E-state index is 11.1. The zero-order valence-electron chi connectivity index (χ0n) is 12.7. The Labute approximate surface area is 133 Å². The highest BCUT2D eigenvalue weighted by Gasteiger charge is 2.15. The van der Waals surface area contributed by atoms with Crippen LogP contribution in [0.5, 0.6) is 11.5 Å². The minimum Gasteiger partial charge on any atom is -0.508 e. The number of aromatic hydroxyl groups is 2. The number of carbonyl (C=O) groups excluding carboxylic acids is 1. The monoisotopic (exact) mass is 314 g/mol. The van der Waals surface area contributed by atoms with Crippen LogP contribution in [0.2, 0.25) is 0 Å². The van der Waals surface area contributed by atoms with Crippen molar-refractivity contribution in [3.05, 3.63) is 47.5 Å². The molecule has 23 heavy (non-hydrogen) atoms. The molecule has 2 aromatic carbocycles. The molecule has 2 aromatic rings. The Bertz CT molecular complexity index is 749. The smallest absolute Gasteiger partial charge is 0.307 e. The number of carboxylic acids is 1. The number of rotatable bonds is 6. The first kappa shape index (κ1) is 16.5. The third-order valence-corrected chi connectivity index (χ3v) is 3.51. The molecule has 0 atom stereocenters. The van der Waals surface area contributed by atoms with E-state index in [2.05, 4.69) is 0 Å². The Morgan fingerprint density at radius 1 is 1.09 bits per heavy atom. The highest BCUT2D eigenvalue weighted by molar-refractivity contribution is 5.81. The second-order valence-corrected chi connectivity index (χ2v) is 5.47. The lowest BCUT2D eigenvalue weighted by molar-refractivity contribution is -0.136. The van der Waals surface area contributed by atoms with Crippen LogP contribution in [0, 0.1) is 0 Å². The van der Waals surface area contributed by atoms with Gasteiger partial charge in [-0.3, -0.25) is 4.79 Å². The van der Waals surface area contributed by atoms with Crippen LogP contribution >= 0.6 is 0 Å². The van der Waals surface area contributed by atoms with E-state index in [1.54, 1.807) is 12.1 Å². The van der Waals surface area contributed by atoms with Gasteiger partial charge in [0.1, 0.15) is 17.3 Å². The quantitative estimate of drug-likeness (QED) is 0.762. The highest BCUT2D eigenvalue weighted by atomic mass is 16.4. The summed E-state index contributed by atoms with van der Waals surface area (Å²) in [6, 6.07) is 9.77. The van der Waals surface area contributed by atoms with E-state index >= 15 is 0 Å². The van der Waals surface area contributed by atoms with E-state index < -0.39 is 5.97 Å². The number of aliphatic carboxylic acids is 1. The molecule has 3 N–H and O–H groups in total. The Morgan fingerprint density at radius 2 is 1.83 bits per heavy atom. The van der Waals surface area contributed by atoms with Gasteiger partial charge < -0.3 is 20.1 Å². The average Bonchev–Trinajstić information content (AvgIpc) is 2.44. The van der Waals surface area contributed by atoms with E-state index in [4.69, 9.17) is 5.11 Å². The number of benzene rings is 2. The molecule has 0 fully saturated rings. The van der Waals surface area contributed by atoms with Gasteiger partial charge in [-0.2, -0.15) is 0 Å². The summed E-state index contributed by atoms with van der Waals surface area (Å²) in [6.07, 6.45) is 0.693. The summed E-state index contributed by atoms with van der Waals surface area (Å²) < 4.78 is 0. The van der Waals surface area contributed by atoms with Crippen LogP contribution < -0.4 is 0 Å². The van der Waals surface area contributed by atoms with Crippen LogP contribution in [-0.4, -0.2) is 27.1 Å². The molecular formula is C18H18O5. The predicted octanol–water partition coefficient (Wildman–Crippen LogP) is 2.91. The van der Waals surface area contributed by atoms with Gasteiger partial charge in [-0.05, 0) is 36.1 Å². The summed E-state index contributed by atoms with van der Waals surface area (Å²) in [5.41, 5.74) is 2.29. The number of hydrogen-bond donors (Lipinski definition) is 3. The molecule has 0 amide bonds. The molecule has 0 radical (unpaired) electrons. The standard InChI is InChI=1S/C18H18O5/c1-11(19)5-6-12-3-2-4-13(7-12)18-14(9-17(22)23)8-15(20)10-16(18)21/h2-4,7-8,10,20-21H,5-6,9H2,1H3,(H,22,23). The molecule has 0 bridgehead atoms. The minimum atomic E-state index is -1.05. The van der Waals surface area contributed by atoms with E-state index in [-0.39, 0.29) is 23.7 Å². The van der Waals surface area contributed by atoms with Crippen molar-refractivity contribution in [1.82, 2.24) is 0 Å². The normalized spacial score (nSPS) is 10.5. The SMILES string of the molecule is CC(=O)CCc1cccc(-c2c(O)cc(O)cc2CC(=O)O)c1. The summed E-state index contributed by atoms with van der Waals surface area (Å²) in [7, 11) is 0. The van der Waals surface area contributed by atoms with E-state index in [1.807, 2.05) is 12.1 Å². The zero-order chi connectivity index (χ0) is 17.0. The molecule has 0 aliphatic carbocycles. The largest absolute Gasteiger partial charge is 0.508 e. The molecule has 0 aliphatic rings. The Balaban J connectivity index is 2.46. The number of phenolic OH excluding ortho intramolecular Hbond substituents is 2. The fourth-order valence-electron chi connectivity index (χ4n) is 2.51. The first-order valence-electron chi connectivity index (χ1n) is 7.22. The van der Waals surface area contributed by atoms with Crippen LogP contribution in [0.4, 0.5) is 0 Å². The lowest BCUT2D eigenvalue weighted by Gasteiger charge is -2.12.